The van der Waals surface area contributed by atoms with E-state index in [-0.39, 0.29) is 18.4 Å². The van der Waals surface area contributed by atoms with Crippen LogP contribution < -0.4 is 5.32 Å². The number of hydrogen-bond donors (Lipinski definition) is 2. The summed E-state index contributed by atoms with van der Waals surface area (Å²) >= 11 is 0. The molecule has 0 spiro atoms. The van der Waals surface area contributed by atoms with Gasteiger partial charge in [0.25, 0.3) is 0 Å². The molecule has 2 N–H and O–H groups in total. The van der Waals surface area contributed by atoms with Crippen LogP contribution in [0.2, 0.25) is 0 Å². The number of hydrogen-bond acceptors (Lipinski definition) is 4. The van der Waals surface area contributed by atoms with E-state index in [1.807, 2.05) is 0 Å². The van der Waals surface area contributed by atoms with Gasteiger partial charge in [-0.3, -0.25) is 4.79 Å². The highest BCUT2D eigenvalue weighted by Gasteiger charge is 2.32. The number of nitrogens with zero attached hydrogens (tertiary/aromatic N) is 1. The predicted molar refractivity (Wildman–Crippen MR) is 75.7 cm³/mol. The van der Waals surface area contributed by atoms with E-state index in [9.17, 15) is 14.4 Å². The molecule has 1 rings (SSSR count). The number of rotatable bonds is 5. The van der Waals surface area contributed by atoms with E-state index in [4.69, 9.17) is 9.84 Å². The Morgan fingerprint density at radius 2 is 2.19 bits per heavy atom. The monoisotopic (exact) mass is 298 g/mol. The molecule has 2 unspecified atom stereocenters. The Bertz CT molecular complexity index is 441. The van der Waals surface area contributed by atoms with Gasteiger partial charge in [-0.15, -0.1) is 6.58 Å². The second kappa shape index (κ2) is 6.60. The summed E-state index contributed by atoms with van der Waals surface area (Å²) in [6.45, 7) is 9.01. The fourth-order valence-corrected chi connectivity index (χ4v) is 1.99. The Hall–Kier alpha value is -2.05. The molecule has 0 saturated carbocycles. The Labute approximate surface area is 123 Å². The van der Waals surface area contributed by atoms with E-state index in [1.54, 1.807) is 26.8 Å². The van der Waals surface area contributed by atoms with Gasteiger partial charge in [0, 0.05) is 18.9 Å². The maximum atomic E-state index is 11.8. The summed E-state index contributed by atoms with van der Waals surface area (Å²) in [5.41, 5.74) is -0.718. The number of carbonyl (C=O) groups is 3. The SMILES string of the molecule is C=CC1CC(=O)N(CC(NC(=O)OC(C)(C)C)C(=O)O)C1. The summed E-state index contributed by atoms with van der Waals surface area (Å²) in [6, 6.07) is -1.20. The van der Waals surface area contributed by atoms with Crippen LogP contribution >= 0.6 is 0 Å². The highest BCUT2D eigenvalue weighted by Crippen LogP contribution is 2.18. The Morgan fingerprint density at radius 3 is 2.62 bits per heavy atom. The molecule has 1 aliphatic heterocycles. The van der Waals surface area contributed by atoms with Gasteiger partial charge in [0.1, 0.15) is 11.6 Å². The van der Waals surface area contributed by atoms with Crippen molar-refractivity contribution < 1.29 is 24.2 Å². The van der Waals surface area contributed by atoms with Gasteiger partial charge in [-0.05, 0) is 20.8 Å². The maximum Gasteiger partial charge on any atom is 0.408 e. The van der Waals surface area contributed by atoms with Gasteiger partial charge >= 0.3 is 12.1 Å². The molecule has 0 bridgehead atoms. The molecule has 2 amide bonds. The molecular formula is C14H22N2O5. The maximum absolute atomic E-state index is 11.8. The van der Waals surface area contributed by atoms with Crippen LogP contribution in [0.5, 0.6) is 0 Å². The van der Waals surface area contributed by atoms with Gasteiger partial charge in [-0.2, -0.15) is 0 Å². The minimum absolute atomic E-state index is 0.0217. The molecular weight excluding hydrogens is 276 g/mol. The molecule has 7 nitrogen and oxygen atoms in total. The van der Waals surface area contributed by atoms with Crippen LogP contribution in [0.25, 0.3) is 0 Å². The molecule has 2 atom stereocenters. The number of carbonyl (C=O) groups excluding carboxylic acids is 2. The number of carboxylic acids is 1. The minimum Gasteiger partial charge on any atom is -0.480 e. The van der Waals surface area contributed by atoms with Crippen LogP contribution in [0.15, 0.2) is 12.7 Å². The van der Waals surface area contributed by atoms with Crippen molar-refractivity contribution in [3.63, 3.8) is 0 Å². The van der Waals surface area contributed by atoms with Crippen LogP contribution in [0.1, 0.15) is 27.2 Å². The van der Waals surface area contributed by atoms with E-state index in [0.717, 1.165) is 0 Å². The van der Waals surface area contributed by atoms with Crippen LogP contribution in [0.3, 0.4) is 0 Å². The second-order valence-electron chi connectivity index (χ2n) is 6.04. The molecule has 0 aliphatic carbocycles. The summed E-state index contributed by atoms with van der Waals surface area (Å²) in [4.78, 5) is 36.0. The van der Waals surface area contributed by atoms with Crippen molar-refractivity contribution >= 4 is 18.0 Å². The average molecular weight is 298 g/mol. The second-order valence-corrected chi connectivity index (χ2v) is 6.04. The quantitative estimate of drug-likeness (QED) is 0.738. The molecule has 0 aromatic heterocycles. The van der Waals surface area contributed by atoms with E-state index >= 15 is 0 Å². The number of aliphatic carboxylic acids is 1. The normalized spacial score (nSPS) is 20.0. The zero-order chi connectivity index (χ0) is 16.2. The van der Waals surface area contributed by atoms with Crippen LogP contribution in [0, 0.1) is 5.92 Å². The Balaban J connectivity index is 2.62. The van der Waals surface area contributed by atoms with Crippen LogP contribution in [-0.2, 0) is 14.3 Å². The molecule has 7 heteroatoms. The topological polar surface area (TPSA) is 95.9 Å². The molecule has 1 fully saturated rings. The van der Waals surface area contributed by atoms with Crippen molar-refractivity contribution in [2.45, 2.75) is 38.8 Å². The minimum atomic E-state index is -1.21. The number of alkyl carbamates (subject to hydrolysis) is 1. The summed E-state index contributed by atoms with van der Waals surface area (Å²) < 4.78 is 5.02. The molecule has 1 aliphatic rings. The van der Waals surface area contributed by atoms with Crippen molar-refractivity contribution in [3.8, 4) is 0 Å². The predicted octanol–water partition coefficient (Wildman–Crippen LogP) is 0.999. The smallest absolute Gasteiger partial charge is 0.408 e. The molecule has 21 heavy (non-hydrogen) atoms. The van der Waals surface area contributed by atoms with Gasteiger partial charge < -0.3 is 20.1 Å². The van der Waals surface area contributed by atoms with E-state index in [1.165, 1.54) is 4.90 Å². The molecule has 0 aromatic carbocycles. The third kappa shape index (κ3) is 5.45. The van der Waals surface area contributed by atoms with Gasteiger partial charge in [-0.1, -0.05) is 6.08 Å². The first kappa shape index (κ1) is 17.0. The van der Waals surface area contributed by atoms with Crippen molar-refractivity contribution in [3.05, 3.63) is 12.7 Å². The standard InChI is InChI=1S/C14H22N2O5/c1-5-9-6-11(17)16(7-9)8-10(12(18)19)15-13(20)21-14(2,3)4/h5,9-10H,1,6-8H2,2-4H3,(H,15,20)(H,18,19). The molecule has 1 saturated heterocycles. The Morgan fingerprint density at radius 1 is 1.57 bits per heavy atom. The van der Waals surface area contributed by atoms with Gasteiger partial charge in [0.2, 0.25) is 5.91 Å². The summed E-state index contributed by atoms with van der Waals surface area (Å²) in [5, 5.41) is 11.4. The largest absolute Gasteiger partial charge is 0.480 e. The lowest BCUT2D eigenvalue weighted by molar-refractivity contribution is -0.140. The number of ether oxygens (including phenoxy) is 1. The summed E-state index contributed by atoms with van der Waals surface area (Å²) in [5.74, 6) is -1.33. The average Bonchev–Trinajstić information content (AvgIpc) is 2.66. The van der Waals surface area contributed by atoms with Crippen molar-refractivity contribution in [1.82, 2.24) is 10.2 Å². The van der Waals surface area contributed by atoms with Crippen molar-refractivity contribution in [2.24, 2.45) is 5.92 Å². The molecule has 118 valence electrons. The number of amides is 2. The van der Waals surface area contributed by atoms with E-state index in [2.05, 4.69) is 11.9 Å². The molecule has 0 radical (unpaired) electrons. The molecule has 1 heterocycles. The fourth-order valence-electron chi connectivity index (χ4n) is 1.99. The molecule has 0 aromatic rings. The lowest BCUT2D eigenvalue weighted by atomic mass is 10.1. The van der Waals surface area contributed by atoms with Gasteiger partial charge in [0.15, 0.2) is 0 Å². The fraction of sp³-hybridized carbons (Fsp3) is 0.643. The van der Waals surface area contributed by atoms with E-state index in [0.29, 0.717) is 13.0 Å². The highest BCUT2D eigenvalue weighted by atomic mass is 16.6. The lowest BCUT2D eigenvalue weighted by Crippen LogP contribution is -2.50. The first-order chi connectivity index (χ1) is 9.62. The third-order valence-electron chi connectivity index (χ3n) is 2.97. The first-order valence-electron chi connectivity index (χ1n) is 6.75. The van der Waals surface area contributed by atoms with Gasteiger partial charge in [0.05, 0.1) is 6.54 Å². The number of likely N-dealkylation sites (tertiary alicyclic amines) is 1. The summed E-state index contributed by atoms with van der Waals surface area (Å²) in [7, 11) is 0. The third-order valence-corrected chi connectivity index (χ3v) is 2.97. The first-order valence-corrected chi connectivity index (χ1v) is 6.75. The highest BCUT2D eigenvalue weighted by molar-refractivity contribution is 5.83. The van der Waals surface area contributed by atoms with Crippen molar-refractivity contribution in [2.75, 3.05) is 13.1 Å². The number of nitrogens with one attached hydrogen (secondary N) is 1. The zero-order valence-electron chi connectivity index (χ0n) is 12.6. The van der Waals surface area contributed by atoms with Crippen LogP contribution in [-0.4, -0.2) is 52.7 Å². The lowest BCUT2D eigenvalue weighted by Gasteiger charge is -2.24. The van der Waals surface area contributed by atoms with E-state index < -0.39 is 23.7 Å². The Kier molecular flexibility index (Phi) is 5.34. The zero-order valence-corrected chi connectivity index (χ0v) is 12.6. The van der Waals surface area contributed by atoms with Crippen LogP contribution in [0.4, 0.5) is 4.79 Å². The number of carboxylic acid groups (broad SMARTS) is 1. The van der Waals surface area contributed by atoms with Crippen molar-refractivity contribution in [1.29, 1.82) is 0 Å². The summed E-state index contributed by atoms with van der Waals surface area (Å²) in [6.07, 6.45) is 1.18. The van der Waals surface area contributed by atoms with Gasteiger partial charge in [-0.25, -0.2) is 9.59 Å².